The number of carbonyl (C=O) groups excluding carboxylic acids is 1. The van der Waals surface area contributed by atoms with Gasteiger partial charge in [-0.25, -0.2) is 13.1 Å². The van der Waals surface area contributed by atoms with Gasteiger partial charge in [0.15, 0.2) is 5.49 Å². The van der Waals surface area contributed by atoms with E-state index in [9.17, 15) is 18.4 Å². The number of sulfonamides is 1. The predicted molar refractivity (Wildman–Crippen MR) is 129 cm³/mol. The minimum absolute atomic E-state index is 0.0232. The van der Waals surface area contributed by atoms with Gasteiger partial charge in [-0.2, -0.15) is 4.73 Å². The molecule has 0 bridgehead atoms. The molecule has 10 heteroatoms. The molecule has 0 spiro atoms. The van der Waals surface area contributed by atoms with Gasteiger partial charge < -0.3 is 14.7 Å². The first-order chi connectivity index (χ1) is 16.9. The topological polar surface area (TPSA) is 119 Å². The summed E-state index contributed by atoms with van der Waals surface area (Å²) >= 11 is 0. The van der Waals surface area contributed by atoms with Gasteiger partial charge in [0.25, 0.3) is 0 Å². The largest absolute Gasteiger partial charge is 0.493 e. The molecule has 1 atom stereocenters. The molecule has 0 aliphatic carbocycles. The fourth-order valence-corrected chi connectivity index (χ4v) is 4.54. The highest BCUT2D eigenvalue weighted by atomic mass is 32.2. The lowest BCUT2D eigenvalue weighted by Gasteiger charge is -2.19. The van der Waals surface area contributed by atoms with Crippen molar-refractivity contribution in [2.24, 2.45) is 4.99 Å². The Morgan fingerprint density at radius 1 is 1.09 bits per heavy atom. The molecule has 1 aromatic heterocycles. The molecule has 1 unspecified atom stereocenters. The van der Waals surface area contributed by atoms with Crippen LogP contribution < -0.4 is 14.9 Å². The number of esters is 1. The number of hydrogen-bond acceptors (Lipinski definition) is 7. The van der Waals surface area contributed by atoms with Gasteiger partial charge in [0, 0.05) is 25.2 Å². The van der Waals surface area contributed by atoms with Crippen LogP contribution in [0.1, 0.15) is 31.4 Å². The monoisotopic (exact) mass is 499 g/mol. The highest BCUT2D eigenvalue weighted by Crippen LogP contribution is 2.23. The predicted octanol–water partition coefficient (Wildman–Crippen LogP) is 3.07. The van der Waals surface area contributed by atoms with E-state index in [1.165, 1.54) is 18.3 Å². The Morgan fingerprint density at radius 3 is 2.60 bits per heavy atom. The Labute approximate surface area is 204 Å². The smallest absolute Gasteiger partial charge is 0.307 e. The van der Waals surface area contributed by atoms with E-state index in [1.807, 2.05) is 6.07 Å². The Kier molecular flexibility index (Phi) is 9.45. The van der Waals surface area contributed by atoms with Crippen LogP contribution in [0.15, 0.2) is 88.9 Å². The number of aromatic nitrogens is 1. The second-order valence-electron chi connectivity index (χ2n) is 7.56. The van der Waals surface area contributed by atoms with Crippen LogP contribution >= 0.6 is 0 Å². The minimum Gasteiger partial charge on any atom is -0.493 e. The number of benzene rings is 2. The van der Waals surface area contributed by atoms with Crippen molar-refractivity contribution in [2.45, 2.75) is 30.7 Å². The molecule has 0 saturated carbocycles. The van der Waals surface area contributed by atoms with E-state index in [1.54, 1.807) is 61.5 Å². The van der Waals surface area contributed by atoms with Gasteiger partial charge in [0.2, 0.25) is 10.0 Å². The maximum Gasteiger partial charge on any atom is 0.307 e. The standard InChI is InChI=1S/C25H29N3O6S/c1-2-33-25(29)19-23(20-10-4-3-5-11-20)27-35(31,32)22-13-8-12-21(18-22)34-17-9-15-26-24-14-6-7-16-28(24)30/h3-8,10-14,16,18,23,27,30H,2,9,15,17,19H2,1H3. The summed E-state index contributed by atoms with van der Waals surface area (Å²) < 4.78 is 40.5. The molecular formula is C25H29N3O6S. The van der Waals surface area contributed by atoms with E-state index in [0.29, 0.717) is 36.4 Å². The Balaban J connectivity index is 1.65. The van der Waals surface area contributed by atoms with Crippen molar-refractivity contribution in [2.75, 3.05) is 19.8 Å². The van der Waals surface area contributed by atoms with Crippen LogP contribution in [0, 0.1) is 0 Å². The van der Waals surface area contributed by atoms with Crippen LogP contribution in [0.3, 0.4) is 0 Å². The highest BCUT2D eigenvalue weighted by molar-refractivity contribution is 7.89. The molecule has 2 N–H and O–H groups in total. The van der Waals surface area contributed by atoms with E-state index in [2.05, 4.69) is 9.71 Å². The molecule has 3 rings (SSSR count). The molecule has 0 saturated heterocycles. The van der Waals surface area contributed by atoms with Crippen molar-refractivity contribution in [3.63, 3.8) is 0 Å². The molecule has 1 heterocycles. The van der Waals surface area contributed by atoms with Crippen LogP contribution in [-0.4, -0.2) is 44.1 Å². The van der Waals surface area contributed by atoms with E-state index in [-0.39, 0.29) is 17.9 Å². The number of carbonyl (C=O) groups is 1. The Morgan fingerprint density at radius 2 is 1.86 bits per heavy atom. The maximum absolute atomic E-state index is 13.1. The second kappa shape index (κ2) is 12.7. The van der Waals surface area contributed by atoms with Gasteiger partial charge in [-0.1, -0.05) is 42.5 Å². The molecule has 0 aliphatic heterocycles. The summed E-state index contributed by atoms with van der Waals surface area (Å²) in [5.41, 5.74) is 1.09. The highest BCUT2D eigenvalue weighted by Gasteiger charge is 2.24. The number of rotatable bonds is 12. The summed E-state index contributed by atoms with van der Waals surface area (Å²) in [4.78, 5) is 16.4. The fourth-order valence-electron chi connectivity index (χ4n) is 3.28. The van der Waals surface area contributed by atoms with Crippen molar-refractivity contribution >= 4 is 16.0 Å². The number of pyridine rings is 1. The normalized spacial score (nSPS) is 12.8. The number of nitrogens with zero attached hydrogens (tertiary/aromatic N) is 2. The van der Waals surface area contributed by atoms with E-state index in [0.717, 1.165) is 4.73 Å². The number of hydrogen-bond donors (Lipinski definition) is 2. The van der Waals surface area contributed by atoms with E-state index < -0.39 is 22.0 Å². The molecule has 3 aromatic rings. The Hall–Kier alpha value is -3.63. The Bertz CT molecular complexity index is 1280. The van der Waals surface area contributed by atoms with Gasteiger partial charge >= 0.3 is 5.97 Å². The zero-order valence-corrected chi connectivity index (χ0v) is 20.2. The van der Waals surface area contributed by atoms with Crippen LogP contribution in [0.4, 0.5) is 0 Å². The average Bonchev–Trinajstić information content (AvgIpc) is 2.85. The average molecular weight is 500 g/mol. The lowest BCUT2D eigenvalue weighted by molar-refractivity contribution is -0.143. The molecule has 35 heavy (non-hydrogen) atoms. The van der Waals surface area contributed by atoms with Gasteiger partial charge in [-0.3, -0.25) is 9.79 Å². The molecule has 9 nitrogen and oxygen atoms in total. The van der Waals surface area contributed by atoms with E-state index >= 15 is 0 Å². The van der Waals surface area contributed by atoms with Crippen LogP contribution in [-0.2, 0) is 19.6 Å². The van der Waals surface area contributed by atoms with Crippen LogP contribution in [0.25, 0.3) is 0 Å². The quantitative estimate of drug-likeness (QED) is 0.225. The van der Waals surface area contributed by atoms with Crippen molar-refractivity contribution in [1.82, 2.24) is 9.45 Å². The van der Waals surface area contributed by atoms with E-state index in [4.69, 9.17) is 9.47 Å². The lowest BCUT2D eigenvalue weighted by atomic mass is 10.1. The first-order valence-corrected chi connectivity index (χ1v) is 12.7. The van der Waals surface area contributed by atoms with Crippen molar-refractivity contribution in [3.05, 3.63) is 90.0 Å². The summed E-state index contributed by atoms with van der Waals surface area (Å²) in [5, 5.41) is 9.67. The third-order valence-corrected chi connectivity index (χ3v) is 6.42. The van der Waals surface area contributed by atoms with Crippen molar-refractivity contribution in [1.29, 1.82) is 0 Å². The van der Waals surface area contributed by atoms with Gasteiger partial charge in [0.1, 0.15) is 5.75 Å². The third kappa shape index (κ3) is 7.97. The number of nitrogens with one attached hydrogen (secondary N) is 1. The summed E-state index contributed by atoms with van der Waals surface area (Å²) in [6.07, 6.45) is 1.93. The van der Waals surface area contributed by atoms with Crippen LogP contribution in [0.2, 0.25) is 0 Å². The summed E-state index contributed by atoms with van der Waals surface area (Å²) in [5.74, 6) is -0.0970. The fraction of sp³-hybridized carbons (Fsp3) is 0.280. The molecular weight excluding hydrogens is 470 g/mol. The number of ether oxygens (including phenoxy) is 2. The van der Waals surface area contributed by atoms with Gasteiger partial charge in [0.05, 0.1) is 30.6 Å². The summed E-state index contributed by atoms with van der Waals surface area (Å²) in [6.45, 7) is 2.65. The lowest BCUT2D eigenvalue weighted by Crippen LogP contribution is -2.30. The molecule has 0 aliphatic rings. The van der Waals surface area contributed by atoms with Gasteiger partial charge in [-0.05, 0) is 36.8 Å². The SMILES string of the molecule is CCOC(=O)CC(NS(=O)(=O)c1cccc(OCCCN=c2ccccn2O)c1)c1ccccc1. The van der Waals surface area contributed by atoms with Crippen LogP contribution in [0.5, 0.6) is 5.75 Å². The zero-order valence-electron chi connectivity index (χ0n) is 19.4. The van der Waals surface area contributed by atoms with Crippen molar-refractivity contribution in [3.8, 4) is 5.75 Å². The van der Waals surface area contributed by atoms with Gasteiger partial charge in [-0.15, -0.1) is 0 Å². The summed E-state index contributed by atoms with van der Waals surface area (Å²) in [7, 11) is -3.95. The molecule has 0 radical (unpaired) electrons. The first kappa shape index (κ1) is 26.0. The molecule has 2 aromatic carbocycles. The molecule has 0 amide bonds. The second-order valence-corrected chi connectivity index (χ2v) is 9.27. The summed E-state index contributed by atoms with van der Waals surface area (Å²) in [6, 6.07) is 19.4. The minimum atomic E-state index is -3.95. The third-order valence-electron chi connectivity index (χ3n) is 4.95. The zero-order chi connectivity index (χ0) is 25.1. The molecule has 0 fully saturated rings. The first-order valence-electron chi connectivity index (χ1n) is 11.2. The maximum atomic E-state index is 13.1. The molecule has 186 valence electrons. The van der Waals surface area contributed by atoms with Crippen molar-refractivity contribution < 1.29 is 27.9 Å².